The van der Waals surface area contributed by atoms with E-state index in [9.17, 15) is 5.11 Å². The average molecular weight is 367 g/mol. The molecule has 152 valence electrons. The molecule has 1 spiro atoms. The third-order valence-corrected chi connectivity index (χ3v) is 6.44. The zero-order valence-electron chi connectivity index (χ0n) is 17.8. The van der Waals surface area contributed by atoms with E-state index >= 15 is 0 Å². The highest BCUT2D eigenvalue weighted by Crippen LogP contribution is 2.43. The Kier molecular flexibility index (Phi) is 8.63. The molecule has 26 heavy (non-hydrogen) atoms. The topological polar surface area (TPSA) is 38.7 Å². The third-order valence-electron chi connectivity index (χ3n) is 6.44. The molecular formula is C23H42O3. The number of unbranched alkanes of at least 4 members (excludes halogenated alkanes) is 1. The molecule has 0 amide bonds. The summed E-state index contributed by atoms with van der Waals surface area (Å²) >= 11 is 0. The molecule has 1 unspecified atom stereocenters. The second kappa shape index (κ2) is 10.2. The number of aliphatic hydroxyl groups excluding tert-OH is 1. The van der Waals surface area contributed by atoms with Crippen LogP contribution in [0, 0.1) is 11.8 Å². The Labute approximate surface area is 161 Å². The first-order valence-corrected chi connectivity index (χ1v) is 11.1. The molecular weight excluding hydrogens is 324 g/mol. The smallest absolute Gasteiger partial charge is 0.169 e. The second-order valence-corrected chi connectivity index (χ2v) is 9.00. The lowest BCUT2D eigenvalue weighted by Gasteiger charge is -2.48. The molecule has 2 fully saturated rings. The van der Waals surface area contributed by atoms with Gasteiger partial charge in [-0.3, -0.25) is 0 Å². The van der Waals surface area contributed by atoms with Crippen molar-refractivity contribution >= 4 is 0 Å². The number of aliphatic hydroxyl groups is 1. The van der Waals surface area contributed by atoms with Crippen LogP contribution in [0.3, 0.4) is 0 Å². The minimum Gasteiger partial charge on any atom is -0.389 e. The molecule has 0 aromatic rings. The van der Waals surface area contributed by atoms with Gasteiger partial charge in [-0.15, -0.1) is 0 Å². The fourth-order valence-electron chi connectivity index (χ4n) is 4.45. The normalized spacial score (nSPS) is 35.5. The Morgan fingerprint density at radius 3 is 2.65 bits per heavy atom. The molecule has 2 aliphatic heterocycles. The van der Waals surface area contributed by atoms with E-state index in [1.165, 1.54) is 32.1 Å². The van der Waals surface area contributed by atoms with Crippen molar-refractivity contribution in [2.45, 2.75) is 123 Å². The van der Waals surface area contributed by atoms with Crippen LogP contribution in [0.1, 0.15) is 98.8 Å². The van der Waals surface area contributed by atoms with E-state index in [4.69, 9.17) is 9.47 Å². The molecule has 1 N–H and O–H groups in total. The van der Waals surface area contributed by atoms with Gasteiger partial charge in [0.15, 0.2) is 5.79 Å². The van der Waals surface area contributed by atoms with Crippen LogP contribution >= 0.6 is 0 Å². The SMILES string of the molecule is CCCC[C@H]1O[C@@]2(CCC[C@@H](CC[C@H](C)/C=C(\C)[C@H](C)O)O2)CCC1C. The van der Waals surface area contributed by atoms with Crippen molar-refractivity contribution in [3.8, 4) is 0 Å². The highest BCUT2D eigenvalue weighted by atomic mass is 16.7. The van der Waals surface area contributed by atoms with E-state index in [-0.39, 0.29) is 11.9 Å². The molecule has 0 aromatic carbocycles. The Bertz CT molecular complexity index is 445. The minimum atomic E-state index is -0.343. The molecule has 0 radical (unpaired) electrons. The van der Waals surface area contributed by atoms with Crippen LogP contribution in [0.25, 0.3) is 0 Å². The van der Waals surface area contributed by atoms with Crippen molar-refractivity contribution in [2.75, 3.05) is 0 Å². The first-order chi connectivity index (χ1) is 12.3. The lowest BCUT2D eigenvalue weighted by Crippen LogP contribution is -2.50. The molecule has 2 saturated heterocycles. The third kappa shape index (κ3) is 6.35. The van der Waals surface area contributed by atoms with Gasteiger partial charge in [-0.2, -0.15) is 0 Å². The maximum Gasteiger partial charge on any atom is 0.169 e. The van der Waals surface area contributed by atoms with E-state index in [1.807, 2.05) is 13.8 Å². The van der Waals surface area contributed by atoms with Crippen molar-refractivity contribution in [3.63, 3.8) is 0 Å². The van der Waals surface area contributed by atoms with E-state index in [0.29, 0.717) is 24.0 Å². The van der Waals surface area contributed by atoms with Gasteiger partial charge in [0, 0.05) is 12.8 Å². The van der Waals surface area contributed by atoms with Gasteiger partial charge in [0.25, 0.3) is 0 Å². The Balaban J connectivity index is 1.87. The largest absolute Gasteiger partial charge is 0.389 e. The fourth-order valence-corrected chi connectivity index (χ4v) is 4.45. The van der Waals surface area contributed by atoms with E-state index < -0.39 is 0 Å². The zero-order chi connectivity index (χ0) is 19.2. The van der Waals surface area contributed by atoms with Crippen LogP contribution in [-0.4, -0.2) is 29.2 Å². The van der Waals surface area contributed by atoms with Gasteiger partial charge in [-0.25, -0.2) is 0 Å². The Morgan fingerprint density at radius 2 is 1.96 bits per heavy atom. The molecule has 0 saturated carbocycles. The highest BCUT2D eigenvalue weighted by molar-refractivity contribution is 5.04. The number of rotatable bonds is 8. The second-order valence-electron chi connectivity index (χ2n) is 9.00. The summed E-state index contributed by atoms with van der Waals surface area (Å²) in [6.07, 6.45) is 14.2. The van der Waals surface area contributed by atoms with Gasteiger partial charge in [0.05, 0.1) is 18.3 Å². The summed E-state index contributed by atoms with van der Waals surface area (Å²) in [5.74, 6) is 0.836. The predicted octanol–water partition coefficient (Wildman–Crippen LogP) is 6.00. The summed E-state index contributed by atoms with van der Waals surface area (Å²) in [6.45, 7) is 10.7. The molecule has 0 bridgehead atoms. The molecule has 0 aromatic heterocycles. The van der Waals surface area contributed by atoms with Gasteiger partial charge in [-0.05, 0) is 69.8 Å². The quantitative estimate of drug-likeness (QED) is 0.535. The molecule has 0 aliphatic carbocycles. The number of allylic oxidation sites excluding steroid dienone is 1. The average Bonchev–Trinajstić information content (AvgIpc) is 2.61. The van der Waals surface area contributed by atoms with E-state index in [0.717, 1.165) is 37.7 Å². The van der Waals surface area contributed by atoms with Crippen molar-refractivity contribution < 1.29 is 14.6 Å². The molecule has 3 nitrogen and oxygen atoms in total. The van der Waals surface area contributed by atoms with Crippen molar-refractivity contribution in [1.29, 1.82) is 0 Å². The fraction of sp³-hybridized carbons (Fsp3) is 0.913. The van der Waals surface area contributed by atoms with Crippen LogP contribution in [0.4, 0.5) is 0 Å². The first-order valence-electron chi connectivity index (χ1n) is 11.1. The molecule has 2 heterocycles. The predicted molar refractivity (Wildman–Crippen MR) is 108 cm³/mol. The van der Waals surface area contributed by atoms with Crippen molar-refractivity contribution in [3.05, 3.63) is 11.6 Å². The van der Waals surface area contributed by atoms with Crippen molar-refractivity contribution in [1.82, 2.24) is 0 Å². The number of hydrogen-bond donors (Lipinski definition) is 1. The van der Waals surface area contributed by atoms with Gasteiger partial charge in [0.2, 0.25) is 0 Å². The highest BCUT2D eigenvalue weighted by Gasteiger charge is 2.44. The molecule has 2 rings (SSSR count). The van der Waals surface area contributed by atoms with Crippen LogP contribution in [0.15, 0.2) is 11.6 Å². The van der Waals surface area contributed by atoms with Crippen LogP contribution < -0.4 is 0 Å². The summed E-state index contributed by atoms with van der Waals surface area (Å²) in [5.41, 5.74) is 1.07. The summed E-state index contributed by atoms with van der Waals surface area (Å²) in [5, 5.41) is 9.65. The molecule has 3 heteroatoms. The van der Waals surface area contributed by atoms with Gasteiger partial charge in [-0.1, -0.05) is 39.7 Å². The minimum absolute atomic E-state index is 0.303. The summed E-state index contributed by atoms with van der Waals surface area (Å²) < 4.78 is 13.2. The standard InChI is InChI=1S/C23H42O3/c1-6-7-10-22-18(3)13-15-23(26-22)14-8-9-21(25-23)12-11-17(2)16-19(4)20(5)24/h16-18,20-22,24H,6-15H2,1-5H3/b19-16+/t17-,18?,20-,21-,22+,23-/m0/s1. The number of hydrogen-bond acceptors (Lipinski definition) is 3. The first kappa shape index (κ1) is 21.9. The van der Waals surface area contributed by atoms with Gasteiger partial charge < -0.3 is 14.6 Å². The van der Waals surface area contributed by atoms with Crippen LogP contribution in [0.2, 0.25) is 0 Å². The maximum atomic E-state index is 9.65. The van der Waals surface area contributed by atoms with Gasteiger partial charge in [0.1, 0.15) is 0 Å². The van der Waals surface area contributed by atoms with E-state index in [2.05, 4.69) is 26.8 Å². The number of ether oxygens (including phenoxy) is 2. The van der Waals surface area contributed by atoms with E-state index in [1.54, 1.807) is 0 Å². The lowest BCUT2D eigenvalue weighted by atomic mass is 9.85. The van der Waals surface area contributed by atoms with Crippen LogP contribution in [0.5, 0.6) is 0 Å². The monoisotopic (exact) mass is 366 g/mol. The van der Waals surface area contributed by atoms with Gasteiger partial charge >= 0.3 is 0 Å². The summed E-state index contributed by atoms with van der Waals surface area (Å²) in [4.78, 5) is 0. The summed E-state index contributed by atoms with van der Waals surface area (Å²) in [6, 6.07) is 0. The molecule has 6 atom stereocenters. The maximum absolute atomic E-state index is 9.65. The lowest BCUT2D eigenvalue weighted by molar-refractivity contribution is -0.324. The Hall–Kier alpha value is -0.380. The van der Waals surface area contributed by atoms with Crippen molar-refractivity contribution in [2.24, 2.45) is 11.8 Å². The summed E-state index contributed by atoms with van der Waals surface area (Å²) in [7, 11) is 0. The Morgan fingerprint density at radius 1 is 1.19 bits per heavy atom. The van der Waals surface area contributed by atoms with Crippen LogP contribution in [-0.2, 0) is 9.47 Å². The molecule has 2 aliphatic rings. The zero-order valence-corrected chi connectivity index (χ0v) is 17.8.